The van der Waals surface area contributed by atoms with Crippen LogP contribution >= 0.6 is 0 Å². The first kappa shape index (κ1) is 21.1. The normalized spacial score (nSPS) is 27.0. The van der Waals surface area contributed by atoms with Crippen molar-refractivity contribution in [2.75, 3.05) is 7.05 Å². The van der Waals surface area contributed by atoms with E-state index in [1.807, 2.05) is 6.08 Å². The molecule has 2 saturated heterocycles. The van der Waals surface area contributed by atoms with Crippen LogP contribution in [-0.2, 0) is 9.59 Å². The molecule has 2 fully saturated rings. The molecule has 0 aromatic rings. The lowest BCUT2D eigenvalue weighted by Gasteiger charge is -2.54. The molecule has 4 heteroatoms. The number of carbonyl (C=O) groups is 2. The molecule has 2 aliphatic heterocycles. The molecule has 0 spiro atoms. The van der Waals surface area contributed by atoms with Crippen molar-refractivity contribution in [1.82, 2.24) is 9.80 Å². The molecular weight excluding hydrogens is 324 g/mol. The van der Waals surface area contributed by atoms with Crippen LogP contribution in [0.2, 0.25) is 0 Å². The van der Waals surface area contributed by atoms with Gasteiger partial charge in [-0.25, -0.2) is 0 Å². The van der Waals surface area contributed by atoms with Crippen LogP contribution in [0.25, 0.3) is 0 Å². The van der Waals surface area contributed by atoms with Crippen molar-refractivity contribution < 1.29 is 9.59 Å². The summed E-state index contributed by atoms with van der Waals surface area (Å²) in [6.07, 6.45) is 12.0. The summed E-state index contributed by atoms with van der Waals surface area (Å²) in [6, 6.07) is 0.0131. The van der Waals surface area contributed by atoms with E-state index in [2.05, 4.69) is 52.6 Å². The van der Waals surface area contributed by atoms with Crippen molar-refractivity contribution in [3.05, 3.63) is 12.2 Å². The Morgan fingerprint density at radius 2 is 1.65 bits per heavy atom. The third kappa shape index (κ3) is 4.57. The minimum atomic E-state index is -0.250. The molecular formula is C22H38N2O2. The number of rotatable bonds is 7. The maximum absolute atomic E-state index is 12.9. The van der Waals surface area contributed by atoms with Crippen molar-refractivity contribution in [2.45, 2.75) is 103 Å². The lowest BCUT2D eigenvalue weighted by Crippen LogP contribution is -2.63. The Balaban J connectivity index is 2.01. The van der Waals surface area contributed by atoms with Gasteiger partial charge in [0.25, 0.3) is 0 Å². The van der Waals surface area contributed by atoms with E-state index in [-0.39, 0.29) is 34.9 Å². The highest BCUT2D eigenvalue weighted by Gasteiger charge is 2.49. The maximum atomic E-state index is 12.9. The molecule has 26 heavy (non-hydrogen) atoms. The molecule has 2 amide bonds. The summed E-state index contributed by atoms with van der Waals surface area (Å²) in [7, 11) is 2.15. The Morgan fingerprint density at radius 1 is 1.04 bits per heavy atom. The molecule has 1 unspecified atom stereocenters. The van der Waals surface area contributed by atoms with Gasteiger partial charge in [-0.3, -0.25) is 19.4 Å². The van der Waals surface area contributed by atoms with Crippen LogP contribution in [-0.4, -0.2) is 45.8 Å². The summed E-state index contributed by atoms with van der Waals surface area (Å²) in [4.78, 5) is 29.5. The van der Waals surface area contributed by atoms with Gasteiger partial charge in [0, 0.05) is 23.5 Å². The van der Waals surface area contributed by atoms with E-state index in [1.165, 1.54) is 25.7 Å². The Hall–Kier alpha value is -1.16. The zero-order valence-electron chi connectivity index (χ0n) is 17.7. The second-order valence-electron chi connectivity index (χ2n) is 9.44. The molecule has 0 aliphatic carbocycles. The molecule has 0 N–H and O–H groups in total. The van der Waals surface area contributed by atoms with Crippen molar-refractivity contribution in [3.8, 4) is 0 Å². The van der Waals surface area contributed by atoms with E-state index in [1.54, 1.807) is 4.90 Å². The van der Waals surface area contributed by atoms with Crippen LogP contribution in [0.1, 0.15) is 86.0 Å². The molecule has 0 radical (unpaired) electrons. The standard InChI is InChI=1S/C22H38N2O2/c1-7-8-9-10-11-12-13-17-14-19(25)24(20(17)26)18-15-21(2,3)23(6)22(4,5)16-18/h12-13,17-18H,7-11,14-16H2,1-6H3/b13-12+. The van der Waals surface area contributed by atoms with Crippen LogP contribution in [0.3, 0.4) is 0 Å². The van der Waals surface area contributed by atoms with Gasteiger partial charge in [0.15, 0.2) is 0 Å². The number of piperidine rings is 1. The third-order valence-electron chi connectivity index (χ3n) is 6.46. The lowest BCUT2D eigenvalue weighted by molar-refractivity contribution is -0.146. The molecule has 0 aromatic carbocycles. The predicted octanol–water partition coefficient (Wildman–Crippen LogP) is 4.54. The van der Waals surface area contributed by atoms with Crippen molar-refractivity contribution >= 4 is 11.8 Å². The summed E-state index contributed by atoms with van der Waals surface area (Å²) < 4.78 is 0. The van der Waals surface area contributed by atoms with Gasteiger partial charge in [0.05, 0.1) is 5.92 Å². The molecule has 4 nitrogen and oxygen atoms in total. The van der Waals surface area contributed by atoms with E-state index in [0.29, 0.717) is 6.42 Å². The minimum absolute atomic E-state index is 0.0109. The second kappa shape index (κ2) is 8.24. The van der Waals surface area contributed by atoms with E-state index < -0.39 is 0 Å². The quantitative estimate of drug-likeness (QED) is 0.379. The van der Waals surface area contributed by atoms with Gasteiger partial charge in [-0.1, -0.05) is 38.3 Å². The molecule has 0 saturated carbocycles. The van der Waals surface area contributed by atoms with Crippen LogP contribution in [0.15, 0.2) is 12.2 Å². The topological polar surface area (TPSA) is 40.6 Å². The first-order valence-electron chi connectivity index (χ1n) is 10.4. The van der Waals surface area contributed by atoms with Crippen LogP contribution in [0, 0.1) is 5.92 Å². The monoisotopic (exact) mass is 362 g/mol. The fourth-order valence-corrected chi connectivity index (χ4v) is 4.66. The number of likely N-dealkylation sites (tertiary alicyclic amines) is 2. The number of hydrogen-bond acceptors (Lipinski definition) is 3. The summed E-state index contributed by atoms with van der Waals surface area (Å²) in [5, 5.41) is 0. The number of imide groups is 1. The number of allylic oxidation sites excluding steroid dienone is 1. The molecule has 2 aliphatic rings. The fourth-order valence-electron chi connectivity index (χ4n) is 4.66. The largest absolute Gasteiger partial charge is 0.296 e. The van der Waals surface area contributed by atoms with Crippen molar-refractivity contribution in [1.29, 1.82) is 0 Å². The third-order valence-corrected chi connectivity index (χ3v) is 6.46. The van der Waals surface area contributed by atoms with Gasteiger partial charge in [-0.2, -0.15) is 0 Å². The van der Waals surface area contributed by atoms with E-state index in [9.17, 15) is 9.59 Å². The maximum Gasteiger partial charge on any atom is 0.236 e. The Kier molecular flexibility index (Phi) is 6.70. The number of unbranched alkanes of at least 4 members (excludes halogenated alkanes) is 4. The van der Waals surface area contributed by atoms with Gasteiger partial charge in [0.1, 0.15) is 0 Å². The van der Waals surface area contributed by atoms with Crippen LogP contribution in [0.4, 0.5) is 0 Å². The second-order valence-corrected chi connectivity index (χ2v) is 9.44. The van der Waals surface area contributed by atoms with Gasteiger partial charge >= 0.3 is 0 Å². The summed E-state index contributed by atoms with van der Waals surface area (Å²) >= 11 is 0. The predicted molar refractivity (Wildman–Crippen MR) is 107 cm³/mol. The van der Waals surface area contributed by atoms with Gasteiger partial charge in [-0.05, 0) is 60.4 Å². The highest BCUT2D eigenvalue weighted by molar-refractivity contribution is 6.04. The molecule has 1 atom stereocenters. The minimum Gasteiger partial charge on any atom is -0.296 e. The molecule has 2 heterocycles. The lowest BCUT2D eigenvalue weighted by atomic mass is 9.77. The molecule has 148 valence electrons. The SMILES string of the molecule is CCCCCC/C=C/C1CC(=O)N(C2CC(C)(C)N(C)C(C)(C)C2)C1=O. The molecule has 0 bridgehead atoms. The van der Waals surface area contributed by atoms with Gasteiger partial charge < -0.3 is 0 Å². The Bertz CT molecular complexity index is 532. The van der Waals surface area contributed by atoms with E-state index in [0.717, 1.165) is 19.3 Å². The van der Waals surface area contributed by atoms with Gasteiger partial charge in [0.2, 0.25) is 11.8 Å². The number of nitrogens with zero attached hydrogens (tertiary/aromatic N) is 2. The smallest absolute Gasteiger partial charge is 0.236 e. The fraction of sp³-hybridized carbons (Fsp3) is 0.818. The first-order valence-corrected chi connectivity index (χ1v) is 10.4. The highest BCUT2D eigenvalue weighted by Crippen LogP contribution is 2.40. The average molecular weight is 363 g/mol. The summed E-state index contributed by atoms with van der Waals surface area (Å²) in [5.74, 6) is -0.225. The molecule has 0 aromatic heterocycles. The zero-order valence-corrected chi connectivity index (χ0v) is 17.7. The summed E-state index contributed by atoms with van der Waals surface area (Å²) in [6.45, 7) is 11.0. The Labute approximate surface area is 160 Å². The van der Waals surface area contributed by atoms with Crippen molar-refractivity contribution in [2.24, 2.45) is 5.92 Å². The first-order chi connectivity index (χ1) is 12.1. The molecule has 2 rings (SSSR count). The van der Waals surface area contributed by atoms with Crippen LogP contribution < -0.4 is 0 Å². The number of carbonyl (C=O) groups excluding carboxylic acids is 2. The average Bonchev–Trinajstić information content (AvgIpc) is 2.82. The van der Waals surface area contributed by atoms with E-state index >= 15 is 0 Å². The zero-order chi connectivity index (χ0) is 19.5. The number of hydrogen-bond donors (Lipinski definition) is 0. The Morgan fingerprint density at radius 3 is 2.23 bits per heavy atom. The van der Waals surface area contributed by atoms with Crippen molar-refractivity contribution in [3.63, 3.8) is 0 Å². The summed E-state index contributed by atoms with van der Waals surface area (Å²) in [5.41, 5.74) is -0.0552. The van der Waals surface area contributed by atoms with Gasteiger partial charge in [-0.15, -0.1) is 0 Å². The number of amides is 2. The highest BCUT2D eigenvalue weighted by atomic mass is 16.2. The van der Waals surface area contributed by atoms with E-state index in [4.69, 9.17) is 0 Å². The van der Waals surface area contributed by atoms with Crippen LogP contribution in [0.5, 0.6) is 0 Å².